The number of anilines is 3. The summed E-state index contributed by atoms with van der Waals surface area (Å²) in [4.78, 5) is 11.3. The highest BCUT2D eigenvalue weighted by Crippen LogP contribution is 2.39. The van der Waals surface area contributed by atoms with Gasteiger partial charge in [0.25, 0.3) is 0 Å². The molecule has 1 aliphatic rings. The molecule has 1 atom stereocenters. The van der Waals surface area contributed by atoms with Gasteiger partial charge in [0, 0.05) is 17.6 Å². The maximum Gasteiger partial charge on any atom is 0.148 e. The number of para-hydroxylation sites is 1. The summed E-state index contributed by atoms with van der Waals surface area (Å²) >= 11 is 0. The lowest BCUT2D eigenvalue weighted by Crippen LogP contribution is -2.45. The number of aliphatic hydroxyl groups is 1. The highest BCUT2D eigenvalue weighted by Gasteiger charge is 2.28. The number of nitrogens with one attached hydrogen (secondary N) is 1. The number of hydrogen-bond acceptors (Lipinski definition) is 6. The Bertz CT molecular complexity index is 1290. The molecule has 0 amide bonds. The van der Waals surface area contributed by atoms with Gasteiger partial charge in [-0.1, -0.05) is 24.3 Å². The van der Waals surface area contributed by atoms with E-state index < -0.39 is 5.60 Å². The highest BCUT2D eigenvalue weighted by molar-refractivity contribution is 5.95. The Kier molecular flexibility index (Phi) is 6.18. The Morgan fingerprint density at radius 3 is 2.65 bits per heavy atom. The molecule has 0 aliphatic carbocycles. The van der Waals surface area contributed by atoms with Crippen molar-refractivity contribution in [3.8, 4) is 5.75 Å². The quantitative estimate of drug-likeness (QED) is 0.373. The molecular weight excluding hydrogens is 424 g/mol. The summed E-state index contributed by atoms with van der Waals surface area (Å²) in [5.74, 6) is 1.02. The van der Waals surface area contributed by atoms with E-state index in [1.54, 1.807) is 18.5 Å². The van der Waals surface area contributed by atoms with Gasteiger partial charge in [-0.15, -0.1) is 0 Å². The molecule has 0 spiro atoms. The molecule has 174 valence electrons. The largest absolute Gasteiger partial charge is 0.508 e. The predicted octanol–water partition coefficient (Wildman–Crippen LogP) is 5.16. The zero-order valence-electron chi connectivity index (χ0n) is 19.4. The van der Waals surface area contributed by atoms with Gasteiger partial charge in [0.15, 0.2) is 0 Å². The number of phenols is 1. The normalized spacial score (nSPS) is 18.2. The number of hydrogen-bond donors (Lipinski definition) is 3. The van der Waals surface area contributed by atoms with Crippen LogP contribution in [0.5, 0.6) is 5.75 Å². The van der Waals surface area contributed by atoms with Gasteiger partial charge in [-0.25, -0.2) is 9.97 Å². The van der Waals surface area contributed by atoms with Crippen LogP contribution in [0.25, 0.3) is 10.9 Å². The number of aromatic hydroxyl groups is 1. The Hall–Kier alpha value is -3.48. The number of aromatic nitrogens is 2. The lowest BCUT2D eigenvalue weighted by atomic mass is 9.88. The van der Waals surface area contributed by atoms with E-state index in [0.717, 1.165) is 65.0 Å². The lowest BCUT2D eigenvalue weighted by molar-refractivity contribution is 0.00889. The molecule has 6 nitrogen and oxygen atoms in total. The third-order valence-corrected chi connectivity index (χ3v) is 6.65. The molecule has 2 heterocycles. The van der Waals surface area contributed by atoms with Gasteiger partial charge in [-0.3, -0.25) is 4.90 Å². The molecule has 5 rings (SSSR count). The maximum absolute atomic E-state index is 10.9. The van der Waals surface area contributed by atoms with Crippen LogP contribution in [-0.4, -0.2) is 38.9 Å². The Labute approximate surface area is 199 Å². The molecule has 6 heteroatoms. The van der Waals surface area contributed by atoms with Crippen LogP contribution in [0.1, 0.15) is 30.4 Å². The second kappa shape index (κ2) is 9.41. The van der Waals surface area contributed by atoms with Crippen LogP contribution in [0.3, 0.4) is 0 Å². The molecule has 1 unspecified atom stereocenters. The molecule has 1 fully saturated rings. The summed E-state index contributed by atoms with van der Waals surface area (Å²) in [6, 6.07) is 21.8. The first-order chi connectivity index (χ1) is 16.5. The van der Waals surface area contributed by atoms with Gasteiger partial charge in [-0.2, -0.15) is 0 Å². The van der Waals surface area contributed by atoms with E-state index in [0.29, 0.717) is 13.0 Å². The van der Waals surface area contributed by atoms with Crippen LogP contribution in [0.15, 0.2) is 73.1 Å². The Morgan fingerprint density at radius 1 is 1.03 bits per heavy atom. The average Bonchev–Trinajstić information content (AvgIpc) is 2.85. The van der Waals surface area contributed by atoms with Crippen molar-refractivity contribution in [2.45, 2.75) is 38.2 Å². The molecule has 1 aliphatic heterocycles. The molecule has 0 radical (unpaired) electrons. The number of β-amino-alcohol motifs (C(OH)–C–C–N with tert-alkyl or cyclic N) is 1. The summed E-state index contributed by atoms with van der Waals surface area (Å²) in [6.45, 7) is 3.61. The van der Waals surface area contributed by atoms with Crippen LogP contribution >= 0.6 is 0 Å². The fourth-order valence-electron chi connectivity index (χ4n) is 4.81. The van der Waals surface area contributed by atoms with Gasteiger partial charge < -0.3 is 15.5 Å². The summed E-state index contributed by atoms with van der Waals surface area (Å²) in [6.07, 6.45) is 4.94. The monoisotopic (exact) mass is 454 g/mol. The number of rotatable bonds is 6. The number of fused-ring (bicyclic) bond motifs is 1. The Balaban J connectivity index is 1.57. The first-order valence-electron chi connectivity index (χ1n) is 11.8. The first kappa shape index (κ1) is 22.3. The van der Waals surface area contributed by atoms with Crippen molar-refractivity contribution in [1.82, 2.24) is 15.3 Å². The molecule has 3 N–H and O–H groups in total. The van der Waals surface area contributed by atoms with Crippen molar-refractivity contribution in [3.05, 3.63) is 84.2 Å². The van der Waals surface area contributed by atoms with E-state index in [2.05, 4.69) is 39.5 Å². The van der Waals surface area contributed by atoms with Crippen LogP contribution in [0.2, 0.25) is 0 Å². The standard InChI is InChI=1S/C28H30N4O2/c1-20-16-23(33)9-11-26(20)32(22-6-3-2-4-7-22)27-24-17-21(8-10-25(24)30-19-31-27)12-14-28(34)13-5-15-29-18-28/h2-4,6-11,16-17,19,29,33-34H,5,12-15,18H2,1H3. The van der Waals surface area contributed by atoms with Crippen molar-refractivity contribution in [3.63, 3.8) is 0 Å². The zero-order valence-corrected chi connectivity index (χ0v) is 19.4. The molecule has 4 aromatic rings. The maximum atomic E-state index is 10.9. The van der Waals surface area contributed by atoms with Gasteiger partial charge >= 0.3 is 0 Å². The fourth-order valence-corrected chi connectivity index (χ4v) is 4.81. The van der Waals surface area contributed by atoms with Crippen molar-refractivity contribution in [2.75, 3.05) is 18.0 Å². The highest BCUT2D eigenvalue weighted by atomic mass is 16.3. The summed E-state index contributed by atoms with van der Waals surface area (Å²) in [5, 5.41) is 25.2. The summed E-state index contributed by atoms with van der Waals surface area (Å²) in [7, 11) is 0. The second-order valence-corrected chi connectivity index (χ2v) is 9.20. The van der Waals surface area contributed by atoms with Crippen LogP contribution in [0, 0.1) is 6.92 Å². The first-order valence-corrected chi connectivity index (χ1v) is 11.8. The van der Waals surface area contributed by atoms with Crippen molar-refractivity contribution in [2.24, 2.45) is 0 Å². The molecular formula is C28H30N4O2. The summed E-state index contributed by atoms with van der Waals surface area (Å²) in [5.41, 5.74) is 4.23. The zero-order chi connectivity index (χ0) is 23.5. The third-order valence-electron chi connectivity index (χ3n) is 6.65. The number of piperidine rings is 1. The molecule has 34 heavy (non-hydrogen) atoms. The molecule has 1 aromatic heterocycles. The topological polar surface area (TPSA) is 81.5 Å². The van der Waals surface area contributed by atoms with Crippen molar-refractivity contribution in [1.29, 1.82) is 0 Å². The van der Waals surface area contributed by atoms with Crippen molar-refractivity contribution < 1.29 is 10.2 Å². The van der Waals surface area contributed by atoms with E-state index in [1.807, 2.05) is 37.3 Å². The molecule has 1 saturated heterocycles. The fraction of sp³-hybridized carbons (Fsp3) is 0.286. The smallest absolute Gasteiger partial charge is 0.148 e. The Morgan fingerprint density at radius 2 is 1.88 bits per heavy atom. The SMILES string of the molecule is Cc1cc(O)ccc1N(c1ccccc1)c1ncnc2ccc(CCC3(O)CCCNC3)cc12. The minimum atomic E-state index is -0.650. The van der Waals surface area contributed by atoms with E-state index in [4.69, 9.17) is 4.98 Å². The van der Waals surface area contributed by atoms with Crippen LogP contribution < -0.4 is 10.2 Å². The number of benzene rings is 3. The van der Waals surface area contributed by atoms with Gasteiger partial charge in [0.05, 0.1) is 16.8 Å². The predicted molar refractivity (Wildman–Crippen MR) is 136 cm³/mol. The van der Waals surface area contributed by atoms with E-state index in [9.17, 15) is 10.2 Å². The lowest BCUT2D eigenvalue weighted by Gasteiger charge is -2.32. The van der Waals surface area contributed by atoms with Crippen LogP contribution in [-0.2, 0) is 6.42 Å². The minimum Gasteiger partial charge on any atom is -0.508 e. The second-order valence-electron chi connectivity index (χ2n) is 9.20. The summed E-state index contributed by atoms with van der Waals surface area (Å²) < 4.78 is 0. The number of nitrogens with zero attached hydrogens (tertiary/aromatic N) is 3. The third kappa shape index (κ3) is 4.60. The van der Waals surface area contributed by atoms with Gasteiger partial charge in [-0.05, 0) is 92.7 Å². The number of aryl methyl sites for hydroxylation is 2. The van der Waals surface area contributed by atoms with Gasteiger partial charge in [0.2, 0.25) is 0 Å². The van der Waals surface area contributed by atoms with Gasteiger partial charge in [0.1, 0.15) is 17.9 Å². The van der Waals surface area contributed by atoms with E-state index in [1.165, 1.54) is 0 Å². The van der Waals surface area contributed by atoms with E-state index in [-0.39, 0.29) is 5.75 Å². The van der Waals surface area contributed by atoms with Crippen LogP contribution in [0.4, 0.5) is 17.2 Å². The van der Waals surface area contributed by atoms with E-state index >= 15 is 0 Å². The van der Waals surface area contributed by atoms with Crippen molar-refractivity contribution >= 4 is 28.1 Å². The molecule has 0 bridgehead atoms. The molecule has 0 saturated carbocycles. The number of phenolic OH excluding ortho intramolecular Hbond substituents is 1. The average molecular weight is 455 g/mol. The molecule has 3 aromatic carbocycles. The minimum absolute atomic E-state index is 0.235.